The molecule has 0 aliphatic carbocycles. The van der Waals surface area contributed by atoms with Gasteiger partial charge >= 0.3 is 0 Å². The van der Waals surface area contributed by atoms with Crippen molar-refractivity contribution in [3.8, 4) is 11.4 Å². The van der Waals surface area contributed by atoms with Crippen LogP contribution in [0.3, 0.4) is 0 Å². The van der Waals surface area contributed by atoms with Gasteiger partial charge in [-0.3, -0.25) is 19.1 Å². The third-order valence-electron chi connectivity index (χ3n) is 5.77. The predicted molar refractivity (Wildman–Crippen MR) is 140 cm³/mol. The Morgan fingerprint density at radius 3 is 2.32 bits per heavy atom. The number of hydrogen-bond donors (Lipinski definition) is 3. The van der Waals surface area contributed by atoms with Gasteiger partial charge in [-0.25, -0.2) is 9.07 Å². The first kappa shape index (κ1) is 27.9. The van der Waals surface area contributed by atoms with Crippen molar-refractivity contribution in [1.29, 1.82) is 0 Å². The van der Waals surface area contributed by atoms with Crippen molar-refractivity contribution < 1.29 is 23.8 Å². The van der Waals surface area contributed by atoms with Gasteiger partial charge in [-0.2, -0.15) is 0 Å². The molecule has 3 aromatic rings. The van der Waals surface area contributed by atoms with E-state index in [9.17, 15) is 23.9 Å². The van der Waals surface area contributed by atoms with Gasteiger partial charge in [0, 0.05) is 18.9 Å². The second-order valence-corrected chi connectivity index (χ2v) is 9.75. The normalized spacial score (nSPS) is 11.3. The summed E-state index contributed by atoms with van der Waals surface area (Å²) in [6.07, 6.45) is -0.103. The molecule has 0 fully saturated rings. The van der Waals surface area contributed by atoms with Gasteiger partial charge in [-0.05, 0) is 30.5 Å². The minimum Gasteiger partial charge on any atom is -0.494 e. The van der Waals surface area contributed by atoms with Crippen LogP contribution in [-0.2, 0) is 16.1 Å². The number of amides is 2. The summed E-state index contributed by atoms with van der Waals surface area (Å²) in [6, 6.07) is 11.2. The molecule has 0 atom stereocenters. The van der Waals surface area contributed by atoms with Crippen molar-refractivity contribution in [1.82, 2.24) is 9.36 Å². The minimum atomic E-state index is -0.786. The molecular weight excluding hydrogens is 503 g/mol. The van der Waals surface area contributed by atoms with Gasteiger partial charge in [0.15, 0.2) is 0 Å². The number of halogens is 2. The summed E-state index contributed by atoms with van der Waals surface area (Å²) in [5, 5.41) is 14.7. The molecule has 0 unspecified atom stereocenters. The number of benzene rings is 2. The molecule has 0 aliphatic heterocycles. The van der Waals surface area contributed by atoms with Crippen LogP contribution in [0.15, 0.2) is 47.3 Å². The van der Waals surface area contributed by atoms with Gasteiger partial charge in [0.1, 0.15) is 17.3 Å². The lowest BCUT2D eigenvalue weighted by Gasteiger charge is -2.23. The number of aliphatic hydroxyl groups is 1. The molecule has 0 saturated carbocycles. The average molecular weight is 533 g/mol. The molecule has 1 heterocycles. The number of para-hydroxylation sites is 1. The van der Waals surface area contributed by atoms with E-state index in [0.717, 1.165) is 6.07 Å². The van der Waals surface area contributed by atoms with Crippen molar-refractivity contribution in [3.05, 3.63) is 69.4 Å². The molecule has 11 heteroatoms. The second-order valence-electron chi connectivity index (χ2n) is 9.34. The molecule has 0 bridgehead atoms. The topological polar surface area (TPSA) is 115 Å². The fourth-order valence-electron chi connectivity index (χ4n) is 4.09. The zero-order chi connectivity index (χ0) is 27.3. The maximum Gasteiger partial charge on any atom is 0.295 e. The Hall–Kier alpha value is -3.63. The first-order valence-corrected chi connectivity index (χ1v) is 12.0. The van der Waals surface area contributed by atoms with Crippen LogP contribution in [-0.4, -0.2) is 40.0 Å². The Morgan fingerprint density at radius 1 is 1.11 bits per heavy atom. The van der Waals surface area contributed by atoms with E-state index in [2.05, 4.69) is 10.6 Å². The van der Waals surface area contributed by atoms with Crippen molar-refractivity contribution in [3.63, 3.8) is 0 Å². The molecule has 0 aliphatic rings. The number of aromatic nitrogens is 2. The molecule has 198 valence electrons. The van der Waals surface area contributed by atoms with Crippen LogP contribution in [0.2, 0.25) is 5.02 Å². The number of ether oxygens (including phenoxy) is 1. The largest absolute Gasteiger partial charge is 0.494 e. The SMILES string of the molecule is COc1cc(F)c(Cl)cc1NC(=O)CC(C)(C)CC(=O)Nc1c(C)n(CCO)n(-c2ccccc2)c1=O. The lowest BCUT2D eigenvalue weighted by atomic mass is 9.85. The fraction of sp³-hybridized carbons (Fsp3) is 0.346. The first-order valence-electron chi connectivity index (χ1n) is 11.6. The van der Waals surface area contributed by atoms with Gasteiger partial charge in [-0.15, -0.1) is 0 Å². The smallest absolute Gasteiger partial charge is 0.295 e. The van der Waals surface area contributed by atoms with Crippen LogP contribution >= 0.6 is 11.6 Å². The number of nitrogens with zero attached hydrogens (tertiary/aromatic N) is 2. The zero-order valence-electron chi connectivity index (χ0n) is 21.1. The predicted octanol–water partition coefficient (Wildman–Crippen LogP) is 4.12. The molecular formula is C26H30ClFN4O5. The number of nitrogens with one attached hydrogen (secondary N) is 2. The third kappa shape index (κ3) is 6.58. The van der Waals surface area contributed by atoms with Crippen LogP contribution in [0.1, 0.15) is 32.4 Å². The van der Waals surface area contributed by atoms with Gasteiger partial charge in [0.2, 0.25) is 11.8 Å². The number of anilines is 2. The zero-order valence-corrected chi connectivity index (χ0v) is 21.9. The average Bonchev–Trinajstić information content (AvgIpc) is 3.05. The summed E-state index contributed by atoms with van der Waals surface area (Å²) in [7, 11) is 1.34. The maximum absolute atomic E-state index is 13.7. The Morgan fingerprint density at radius 2 is 1.73 bits per heavy atom. The standard InChI is InChI=1S/C26H30ClFN4O5/c1-16-24(25(36)32(31(16)10-11-33)17-8-6-5-7-9-17)30-23(35)15-26(2,3)14-22(34)29-20-12-18(27)19(28)13-21(20)37-4/h5-9,12-13,33H,10-11,14-15H2,1-4H3,(H,29,34)(H,30,35). The lowest BCUT2D eigenvalue weighted by molar-refractivity contribution is -0.120. The Kier molecular flexibility index (Phi) is 8.77. The van der Waals surface area contributed by atoms with Gasteiger partial charge < -0.3 is 20.5 Å². The van der Waals surface area contributed by atoms with E-state index >= 15 is 0 Å². The van der Waals surface area contributed by atoms with Crippen molar-refractivity contribution in [2.75, 3.05) is 24.4 Å². The summed E-state index contributed by atoms with van der Waals surface area (Å²) in [5.74, 6) is -1.43. The highest BCUT2D eigenvalue weighted by Crippen LogP contribution is 2.32. The van der Waals surface area contributed by atoms with Crippen molar-refractivity contribution in [2.24, 2.45) is 5.41 Å². The summed E-state index contributed by atoms with van der Waals surface area (Å²) >= 11 is 5.82. The van der Waals surface area contributed by atoms with Crippen molar-refractivity contribution in [2.45, 2.75) is 40.2 Å². The third-order valence-corrected chi connectivity index (χ3v) is 6.06. The van der Waals surface area contributed by atoms with Crippen LogP contribution < -0.4 is 20.9 Å². The Bertz CT molecular complexity index is 1350. The van der Waals surface area contributed by atoms with Crippen LogP contribution in [0, 0.1) is 18.2 Å². The molecule has 0 spiro atoms. The monoisotopic (exact) mass is 532 g/mol. The number of carbonyl (C=O) groups is 2. The molecule has 2 amide bonds. The van der Waals surface area contributed by atoms with Gasteiger partial charge in [0.25, 0.3) is 5.56 Å². The highest BCUT2D eigenvalue weighted by Gasteiger charge is 2.28. The summed E-state index contributed by atoms with van der Waals surface area (Å²) in [5.41, 5.74) is 0.187. The fourth-order valence-corrected chi connectivity index (χ4v) is 4.25. The summed E-state index contributed by atoms with van der Waals surface area (Å²) in [6.45, 7) is 5.14. The highest BCUT2D eigenvalue weighted by molar-refractivity contribution is 6.31. The minimum absolute atomic E-state index is 0.0443. The summed E-state index contributed by atoms with van der Waals surface area (Å²) < 4.78 is 21.8. The first-order chi connectivity index (χ1) is 17.5. The quantitative estimate of drug-likeness (QED) is 0.363. The lowest BCUT2D eigenvalue weighted by Crippen LogP contribution is -2.29. The molecule has 0 radical (unpaired) electrons. The molecule has 3 N–H and O–H groups in total. The molecule has 2 aromatic carbocycles. The van der Waals surface area contributed by atoms with Crippen LogP contribution in [0.25, 0.3) is 5.69 Å². The number of rotatable bonds is 10. The van der Waals surface area contributed by atoms with Gasteiger partial charge in [0.05, 0.1) is 42.4 Å². The second kappa shape index (κ2) is 11.6. The Balaban J connectivity index is 1.74. The van der Waals surface area contributed by atoms with E-state index in [1.165, 1.54) is 17.9 Å². The van der Waals surface area contributed by atoms with E-state index in [4.69, 9.17) is 16.3 Å². The van der Waals surface area contributed by atoms with Crippen LogP contribution in [0.4, 0.5) is 15.8 Å². The van der Waals surface area contributed by atoms with Crippen LogP contribution in [0.5, 0.6) is 5.75 Å². The number of aliphatic hydroxyl groups excluding tert-OH is 1. The number of methoxy groups -OCH3 is 1. The molecule has 3 rings (SSSR count). The van der Waals surface area contributed by atoms with E-state index in [0.29, 0.717) is 11.4 Å². The molecule has 9 nitrogen and oxygen atoms in total. The summed E-state index contributed by atoms with van der Waals surface area (Å²) in [4.78, 5) is 38.9. The van der Waals surface area contributed by atoms with E-state index in [-0.39, 0.29) is 48.1 Å². The van der Waals surface area contributed by atoms with E-state index in [1.807, 2.05) is 6.07 Å². The molecule has 37 heavy (non-hydrogen) atoms. The van der Waals surface area contributed by atoms with E-state index in [1.54, 1.807) is 49.7 Å². The highest BCUT2D eigenvalue weighted by atomic mass is 35.5. The van der Waals surface area contributed by atoms with Crippen molar-refractivity contribution >= 4 is 34.8 Å². The number of carbonyl (C=O) groups excluding carboxylic acids is 2. The van der Waals surface area contributed by atoms with Gasteiger partial charge in [-0.1, -0.05) is 43.6 Å². The van der Waals surface area contributed by atoms with E-state index < -0.39 is 28.6 Å². The molecule has 0 saturated heterocycles. The maximum atomic E-state index is 13.7. The number of hydrogen-bond acceptors (Lipinski definition) is 5. The Labute approximate surface area is 218 Å². The molecule has 1 aromatic heterocycles.